The summed E-state index contributed by atoms with van der Waals surface area (Å²) in [6.07, 6.45) is 7.98. The van der Waals surface area contributed by atoms with Crippen LogP contribution in [-0.4, -0.2) is 17.3 Å². The first-order valence-electron chi connectivity index (χ1n) is 20.3. The summed E-state index contributed by atoms with van der Waals surface area (Å²) < 4.78 is -1.92. The van der Waals surface area contributed by atoms with Crippen molar-refractivity contribution in [3.63, 3.8) is 0 Å². The van der Waals surface area contributed by atoms with Crippen LogP contribution in [0.5, 0.6) is 0 Å². The van der Waals surface area contributed by atoms with E-state index in [1.165, 1.54) is 22.3 Å². The Morgan fingerprint density at radius 1 is 0.607 bits per heavy atom. The third-order valence-corrected chi connectivity index (χ3v) is 32.5. The van der Waals surface area contributed by atoms with Crippen molar-refractivity contribution < 1.29 is 25.8 Å². The van der Waals surface area contributed by atoms with Crippen LogP contribution in [0.1, 0.15) is 135 Å². The number of benzene rings is 4. The Kier molecular flexibility index (Phi) is 12.0. The molecule has 2 aliphatic carbocycles. The average molecular weight is 868 g/mol. The van der Waals surface area contributed by atoms with Crippen LogP contribution < -0.4 is 10.5 Å². The van der Waals surface area contributed by atoms with Gasteiger partial charge in [0.15, 0.2) is 0 Å². The molecule has 6 rings (SSSR count). The molecule has 4 unspecified atom stereocenters. The van der Waals surface area contributed by atoms with E-state index in [0.29, 0.717) is 24.7 Å². The number of halogens is 2. The molecule has 0 spiro atoms. The molecular formula is C48H58BCl2N2O2Zr. The van der Waals surface area contributed by atoms with Crippen molar-refractivity contribution in [1.29, 1.82) is 0 Å². The summed E-state index contributed by atoms with van der Waals surface area (Å²) in [6.45, 7) is 22.3. The average Bonchev–Trinajstić information content (AvgIpc) is 3.79. The van der Waals surface area contributed by atoms with Gasteiger partial charge in [-0.3, -0.25) is 0 Å². The molecule has 2 amide bonds. The van der Waals surface area contributed by atoms with Crippen LogP contribution in [0.15, 0.2) is 96.1 Å². The molecule has 0 saturated carbocycles. The van der Waals surface area contributed by atoms with Gasteiger partial charge in [-0.2, -0.15) is 0 Å². The number of rotatable bonds is 13. The standard InChI is InChI=1S/2C23H27.C2H3BN2O2.2ClH.Zr/c2*1-6-16(2)19-11-7-8-12-20(19)21-13-9-10-17-14-18(15-22(17)21)23(3,4)5;6-1-4-3-5-2-7;;;/h2*7-16H,6H2,1-5H3;1-2H,(H-,4,5,6,7);2*1H;/q;;;;;+1/p-1. The zero-order valence-corrected chi connectivity index (χ0v) is 38.7. The fraction of sp³-hybridized carbons (Fsp3) is 0.375. The summed E-state index contributed by atoms with van der Waals surface area (Å²) in [6, 6.07) is 30.4. The van der Waals surface area contributed by atoms with Gasteiger partial charge in [-0.25, -0.2) is 0 Å². The Hall–Kier alpha value is -3.17. The van der Waals surface area contributed by atoms with Gasteiger partial charge >= 0.3 is 346 Å². The van der Waals surface area contributed by atoms with Gasteiger partial charge in [0.2, 0.25) is 0 Å². The molecule has 8 heteroatoms. The molecular weight excluding hydrogens is 809 g/mol. The molecule has 0 radical (unpaired) electrons. The van der Waals surface area contributed by atoms with E-state index >= 15 is 0 Å². The maximum atomic E-state index is 12.7. The first-order valence-corrected chi connectivity index (χ1v) is 30.9. The normalized spacial score (nSPS) is 18.4. The topological polar surface area (TPSA) is 58.2 Å². The van der Waals surface area contributed by atoms with Gasteiger partial charge in [0.1, 0.15) is 0 Å². The van der Waals surface area contributed by atoms with Gasteiger partial charge in [-0.05, 0) is 0 Å². The number of hydrogen-bond donors (Lipinski definition) is 2. The molecule has 2 aliphatic rings. The van der Waals surface area contributed by atoms with E-state index < -0.39 is 27.9 Å². The number of carbonyl (C=O) groups is 2. The molecule has 0 heterocycles. The van der Waals surface area contributed by atoms with Crippen molar-refractivity contribution in [1.82, 2.24) is 10.5 Å². The minimum atomic E-state index is -6.05. The van der Waals surface area contributed by atoms with Crippen molar-refractivity contribution in [3.05, 3.63) is 129 Å². The molecule has 0 aliphatic heterocycles. The van der Waals surface area contributed by atoms with Crippen LogP contribution >= 0.6 is 17.0 Å². The molecule has 4 nitrogen and oxygen atoms in total. The molecule has 0 saturated heterocycles. The van der Waals surface area contributed by atoms with Gasteiger partial charge in [-0.1, -0.05) is 0 Å². The molecule has 293 valence electrons. The predicted octanol–water partition coefficient (Wildman–Crippen LogP) is 13.2. The Morgan fingerprint density at radius 3 is 1.30 bits per heavy atom. The summed E-state index contributed by atoms with van der Waals surface area (Å²) in [7, 11) is 17.7. The number of carbonyl (C=O) groups excluding carboxylic acids is 2. The molecule has 56 heavy (non-hydrogen) atoms. The zero-order chi connectivity index (χ0) is 40.8. The van der Waals surface area contributed by atoms with Gasteiger partial charge in [-0.15, -0.1) is 0 Å². The van der Waals surface area contributed by atoms with Crippen molar-refractivity contribution in [2.24, 2.45) is 10.8 Å². The van der Waals surface area contributed by atoms with Crippen LogP contribution in [-0.2, 0) is 25.8 Å². The van der Waals surface area contributed by atoms with Crippen molar-refractivity contribution in [2.45, 2.75) is 101 Å². The third-order valence-electron chi connectivity index (χ3n) is 12.8. The van der Waals surface area contributed by atoms with E-state index in [9.17, 15) is 9.59 Å². The monoisotopic (exact) mass is 865 g/mol. The van der Waals surface area contributed by atoms with Crippen molar-refractivity contribution in [2.75, 3.05) is 0 Å². The van der Waals surface area contributed by atoms with E-state index in [4.69, 9.17) is 17.0 Å². The number of amides is 2. The quantitative estimate of drug-likeness (QED) is 0.104. The van der Waals surface area contributed by atoms with Crippen LogP contribution in [0, 0.1) is 10.8 Å². The van der Waals surface area contributed by atoms with E-state index in [2.05, 4.69) is 177 Å². The molecule has 0 fully saturated rings. The Morgan fingerprint density at radius 2 is 0.964 bits per heavy atom. The Balaban J connectivity index is 1.73. The first-order chi connectivity index (χ1) is 26.4. The second kappa shape index (κ2) is 15.9. The van der Waals surface area contributed by atoms with Gasteiger partial charge < -0.3 is 0 Å². The van der Waals surface area contributed by atoms with E-state index in [1.54, 1.807) is 0 Å². The van der Waals surface area contributed by atoms with E-state index in [-0.39, 0.29) is 10.8 Å². The fourth-order valence-electron chi connectivity index (χ4n) is 9.55. The van der Waals surface area contributed by atoms with Gasteiger partial charge in [0, 0.05) is 0 Å². The predicted molar refractivity (Wildman–Crippen MR) is 237 cm³/mol. The first kappa shape index (κ1) is 42.4. The summed E-state index contributed by atoms with van der Waals surface area (Å²) in [5, 5.41) is 6.06. The molecule has 2 N–H and O–H groups in total. The summed E-state index contributed by atoms with van der Waals surface area (Å²) in [5.41, 5.74) is 13.1. The van der Waals surface area contributed by atoms with E-state index in [1.807, 2.05) is 0 Å². The summed E-state index contributed by atoms with van der Waals surface area (Å²) in [4.78, 5) is 25.4. The zero-order valence-electron chi connectivity index (χ0n) is 34.8. The fourth-order valence-corrected chi connectivity index (χ4v) is 30.6. The third kappa shape index (κ3) is 7.15. The van der Waals surface area contributed by atoms with Crippen LogP contribution in [0.25, 0.3) is 34.4 Å². The summed E-state index contributed by atoms with van der Waals surface area (Å²) >= 11 is -6.05. The Labute approximate surface area is 344 Å². The molecule has 4 atom stereocenters. The number of nitrogens with one attached hydrogen (secondary N) is 2. The molecule has 0 aromatic heterocycles. The van der Waals surface area contributed by atoms with E-state index in [0.717, 1.165) is 57.4 Å². The molecule has 4 aromatic carbocycles. The Bertz CT molecular complexity index is 2060. The van der Waals surface area contributed by atoms with Crippen molar-refractivity contribution >= 4 is 46.5 Å². The van der Waals surface area contributed by atoms with Gasteiger partial charge in [0.25, 0.3) is 0 Å². The number of hydrogen-bond acceptors (Lipinski definition) is 2. The minimum absolute atomic E-state index is 0.364. The molecule has 4 aromatic rings. The van der Waals surface area contributed by atoms with Crippen LogP contribution in [0.3, 0.4) is 0 Å². The SMILES string of the molecule is CCC(C)c1ccccc1-c1cccc2c1C=C(C(C)(C)C)[CH]2[Zr]([Cl])([Cl])([B](NC=O)NC=O)[CH]1C(C(C)(C)C)=Cc2c(-c3ccccc3C(C)CC)cccc21. The number of fused-ring (bicyclic) bond motifs is 2. The summed E-state index contributed by atoms with van der Waals surface area (Å²) in [5.74, 6) is 0.728. The second-order valence-electron chi connectivity index (χ2n) is 18.2. The van der Waals surface area contributed by atoms with Crippen molar-refractivity contribution in [3.8, 4) is 22.3 Å². The van der Waals surface area contributed by atoms with Gasteiger partial charge in [0.05, 0.1) is 0 Å². The van der Waals surface area contributed by atoms with Crippen LogP contribution in [0.2, 0.25) is 0 Å². The maximum absolute atomic E-state index is 12.7. The second-order valence-corrected chi connectivity index (χ2v) is 39.6. The molecule has 0 bridgehead atoms. The number of allylic oxidation sites excluding steroid dienone is 2. The van der Waals surface area contributed by atoms with Crippen LogP contribution in [0.4, 0.5) is 0 Å².